The SMILES string of the molecule is CCC=CCCOC(=O)OC(CCCCCCC)CCC(=O)OC=C(C)Cc1ccc(C(C)(C)C)cc1. The average Bonchev–Trinajstić information content (AvgIpc) is 2.85. The Labute approximate surface area is 225 Å². The number of allylic oxidation sites excluding steroid dienone is 2. The van der Waals surface area contributed by atoms with E-state index in [1.807, 2.05) is 19.1 Å². The minimum absolute atomic E-state index is 0.124. The summed E-state index contributed by atoms with van der Waals surface area (Å²) in [6, 6.07) is 8.57. The molecule has 0 fully saturated rings. The molecule has 0 saturated heterocycles. The fourth-order valence-corrected chi connectivity index (χ4v) is 3.89. The molecule has 0 aromatic heterocycles. The lowest BCUT2D eigenvalue weighted by Crippen LogP contribution is -2.21. The van der Waals surface area contributed by atoms with Crippen LogP contribution in [-0.2, 0) is 30.8 Å². The highest BCUT2D eigenvalue weighted by atomic mass is 16.7. The monoisotopic (exact) mass is 514 g/mol. The van der Waals surface area contributed by atoms with E-state index in [-0.39, 0.29) is 23.9 Å². The van der Waals surface area contributed by atoms with Crippen LogP contribution in [0.1, 0.15) is 117 Å². The molecule has 1 aromatic rings. The Morgan fingerprint density at radius 1 is 0.946 bits per heavy atom. The second kappa shape index (κ2) is 18.6. The van der Waals surface area contributed by atoms with E-state index in [0.717, 1.165) is 37.7 Å². The molecule has 0 saturated carbocycles. The van der Waals surface area contributed by atoms with Crippen molar-refractivity contribution in [3.05, 3.63) is 59.4 Å². The van der Waals surface area contributed by atoms with Gasteiger partial charge < -0.3 is 14.2 Å². The largest absolute Gasteiger partial charge is 0.508 e. The highest BCUT2D eigenvalue weighted by Crippen LogP contribution is 2.23. The van der Waals surface area contributed by atoms with Gasteiger partial charge in [0.1, 0.15) is 6.10 Å². The van der Waals surface area contributed by atoms with Gasteiger partial charge in [0.2, 0.25) is 0 Å². The highest BCUT2D eigenvalue weighted by molar-refractivity contribution is 5.70. The predicted molar refractivity (Wildman–Crippen MR) is 152 cm³/mol. The molecular formula is C32H50O5. The maximum absolute atomic E-state index is 12.4. The maximum Gasteiger partial charge on any atom is 0.508 e. The zero-order valence-corrected chi connectivity index (χ0v) is 24.1. The molecule has 1 atom stereocenters. The molecule has 0 aliphatic rings. The van der Waals surface area contributed by atoms with Crippen molar-refractivity contribution in [2.45, 2.75) is 124 Å². The summed E-state index contributed by atoms with van der Waals surface area (Å²) in [5.41, 5.74) is 3.57. The Morgan fingerprint density at radius 3 is 2.30 bits per heavy atom. The van der Waals surface area contributed by atoms with Crippen LogP contribution in [0, 0.1) is 0 Å². The molecule has 0 spiro atoms. The van der Waals surface area contributed by atoms with Gasteiger partial charge in [-0.25, -0.2) is 4.79 Å². The van der Waals surface area contributed by atoms with Crippen molar-refractivity contribution >= 4 is 12.1 Å². The number of esters is 1. The van der Waals surface area contributed by atoms with Gasteiger partial charge in [-0.15, -0.1) is 0 Å². The van der Waals surface area contributed by atoms with Crippen LogP contribution in [-0.4, -0.2) is 24.8 Å². The van der Waals surface area contributed by atoms with Crippen LogP contribution in [0.5, 0.6) is 0 Å². The number of hydrogen-bond acceptors (Lipinski definition) is 5. The molecule has 5 heteroatoms. The summed E-state index contributed by atoms with van der Waals surface area (Å²) >= 11 is 0. The van der Waals surface area contributed by atoms with Gasteiger partial charge in [-0.1, -0.05) is 96.7 Å². The van der Waals surface area contributed by atoms with Crippen LogP contribution in [0.2, 0.25) is 0 Å². The molecule has 208 valence electrons. The Hall–Kier alpha value is -2.56. The van der Waals surface area contributed by atoms with E-state index in [0.29, 0.717) is 19.4 Å². The minimum atomic E-state index is -0.662. The van der Waals surface area contributed by atoms with Gasteiger partial charge in [0.15, 0.2) is 0 Å². The molecule has 0 heterocycles. The number of ether oxygens (including phenoxy) is 3. The third-order valence-corrected chi connectivity index (χ3v) is 6.16. The summed E-state index contributed by atoms with van der Waals surface area (Å²) in [7, 11) is 0. The second-order valence-corrected chi connectivity index (χ2v) is 10.8. The molecule has 0 amide bonds. The van der Waals surface area contributed by atoms with Gasteiger partial charge in [-0.05, 0) is 67.6 Å². The molecule has 0 aliphatic heterocycles. The summed E-state index contributed by atoms with van der Waals surface area (Å²) in [6.45, 7) is 13.1. The molecular weight excluding hydrogens is 464 g/mol. The highest BCUT2D eigenvalue weighted by Gasteiger charge is 2.18. The summed E-state index contributed by atoms with van der Waals surface area (Å²) in [4.78, 5) is 24.5. The first kappa shape index (κ1) is 32.5. The van der Waals surface area contributed by atoms with Crippen LogP contribution in [0.3, 0.4) is 0 Å². The number of rotatable bonds is 17. The molecule has 0 radical (unpaired) electrons. The van der Waals surface area contributed by atoms with Crippen molar-refractivity contribution in [3.8, 4) is 0 Å². The van der Waals surface area contributed by atoms with Crippen molar-refractivity contribution < 1.29 is 23.8 Å². The number of carbonyl (C=O) groups is 2. The van der Waals surface area contributed by atoms with Crippen molar-refractivity contribution in [1.29, 1.82) is 0 Å². The molecule has 37 heavy (non-hydrogen) atoms. The molecule has 1 rings (SSSR count). The minimum Gasteiger partial charge on any atom is -0.435 e. The maximum atomic E-state index is 12.4. The fraction of sp³-hybridized carbons (Fsp3) is 0.625. The normalized spacial score (nSPS) is 13.0. The van der Waals surface area contributed by atoms with Gasteiger partial charge >= 0.3 is 12.1 Å². The Balaban J connectivity index is 2.52. The van der Waals surface area contributed by atoms with Crippen molar-refractivity contribution in [1.82, 2.24) is 0 Å². The molecule has 0 aliphatic carbocycles. The number of unbranched alkanes of at least 4 members (excludes halogenated alkanes) is 4. The van der Waals surface area contributed by atoms with Crippen LogP contribution in [0.25, 0.3) is 0 Å². The van der Waals surface area contributed by atoms with Gasteiger partial charge in [-0.3, -0.25) is 4.79 Å². The smallest absolute Gasteiger partial charge is 0.435 e. The molecule has 1 unspecified atom stereocenters. The number of carbonyl (C=O) groups excluding carboxylic acids is 2. The first-order valence-electron chi connectivity index (χ1n) is 14.1. The number of benzene rings is 1. The van der Waals surface area contributed by atoms with E-state index in [9.17, 15) is 9.59 Å². The van der Waals surface area contributed by atoms with E-state index in [1.54, 1.807) is 6.26 Å². The van der Waals surface area contributed by atoms with E-state index >= 15 is 0 Å². The molecule has 0 N–H and O–H groups in total. The van der Waals surface area contributed by atoms with Crippen LogP contribution < -0.4 is 0 Å². The Morgan fingerprint density at radius 2 is 1.65 bits per heavy atom. The summed E-state index contributed by atoms with van der Waals surface area (Å²) in [5, 5.41) is 0. The third kappa shape index (κ3) is 16.0. The topological polar surface area (TPSA) is 61.8 Å². The van der Waals surface area contributed by atoms with Gasteiger partial charge in [0.25, 0.3) is 0 Å². The Bertz CT molecular complexity index is 830. The lowest BCUT2D eigenvalue weighted by Gasteiger charge is -2.19. The van der Waals surface area contributed by atoms with E-state index in [4.69, 9.17) is 14.2 Å². The zero-order valence-electron chi connectivity index (χ0n) is 24.1. The first-order chi connectivity index (χ1) is 17.7. The van der Waals surface area contributed by atoms with E-state index in [2.05, 4.69) is 58.9 Å². The average molecular weight is 515 g/mol. The summed E-state index contributed by atoms with van der Waals surface area (Å²) in [6.07, 6.45) is 13.9. The third-order valence-electron chi connectivity index (χ3n) is 6.16. The van der Waals surface area contributed by atoms with Crippen LogP contribution >= 0.6 is 0 Å². The first-order valence-corrected chi connectivity index (χ1v) is 14.1. The lowest BCUT2D eigenvalue weighted by atomic mass is 9.86. The van der Waals surface area contributed by atoms with Crippen molar-refractivity contribution in [2.75, 3.05) is 6.61 Å². The Kier molecular flexibility index (Phi) is 16.4. The lowest BCUT2D eigenvalue weighted by molar-refractivity contribution is -0.138. The predicted octanol–water partition coefficient (Wildman–Crippen LogP) is 8.99. The summed E-state index contributed by atoms with van der Waals surface area (Å²) < 4.78 is 16.1. The van der Waals surface area contributed by atoms with Crippen molar-refractivity contribution in [3.63, 3.8) is 0 Å². The van der Waals surface area contributed by atoms with E-state index < -0.39 is 6.16 Å². The molecule has 5 nitrogen and oxygen atoms in total. The standard InChI is InChI=1S/C32H50O5/c1-7-9-11-13-14-16-29(37-31(34)35-23-15-12-10-8-2)21-22-30(33)36-25-26(3)24-27-17-19-28(20-18-27)32(4,5)6/h10,12,17-20,25,29H,7-9,11,13-16,21-24H2,1-6H3. The van der Waals surface area contributed by atoms with E-state index in [1.165, 1.54) is 30.4 Å². The fourth-order valence-electron chi connectivity index (χ4n) is 3.89. The molecule has 1 aromatic carbocycles. The van der Waals surface area contributed by atoms with Gasteiger partial charge in [0.05, 0.1) is 12.9 Å². The zero-order chi connectivity index (χ0) is 27.5. The summed E-state index contributed by atoms with van der Waals surface area (Å²) in [5.74, 6) is -0.319. The second-order valence-electron chi connectivity index (χ2n) is 10.8. The van der Waals surface area contributed by atoms with Crippen LogP contribution in [0.4, 0.5) is 4.79 Å². The van der Waals surface area contributed by atoms with Gasteiger partial charge in [0, 0.05) is 6.42 Å². The molecule has 0 bridgehead atoms. The van der Waals surface area contributed by atoms with Gasteiger partial charge in [-0.2, -0.15) is 0 Å². The number of hydrogen-bond donors (Lipinski definition) is 0. The quantitative estimate of drug-likeness (QED) is 0.0898. The van der Waals surface area contributed by atoms with Crippen molar-refractivity contribution in [2.24, 2.45) is 0 Å². The van der Waals surface area contributed by atoms with Crippen LogP contribution in [0.15, 0.2) is 48.3 Å².